The van der Waals surface area contributed by atoms with Gasteiger partial charge in [0.1, 0.15) is 17.2 Å². The number of carbonyl (C=O) groups excluding carboxylic acids is 1. The van der Waals surface area contributed by atoms with Gasteiger partial charge in [0, 0.05) is 27.4 Å². The maximum Gasteiger partial charge on any atom is 0.200 e. The zero-order valence-corrected chi connectivity index (χ0v) is 23.7. The minimum atomic E-state index is -0.437. The number of methoxy groups -OCH3 is 1. The highest BCUT2D eigenvalue weighted by Gasteiger charge is 2.23. The second kappa shape index (κ2) is 12.9. The molecule has 0 bridgehead atoms. The summed E-state index contributed by atoms with van der Waals surface area (Å²) in [7, 11) is 5.70. The van der Waals surface area contributed by atoms with Crippen LogP contribution in [0.1, 0.15) is 22.3 Å². The smallest absolute Gasteiger partial charge is 0.200 e. The summed E-state index contributed by atoms with van der Waals surface area (Å²) < 4.78 is 4.94. The molecule has 8 heteroatoms. The molecule has 0 saturated carbocycles. The summed E-state index contributed by atoms with van der Waals surface area (Å²) in [6, 6.07) is 25.4. The van der Waals surface area contributed by atoms with E-state index in [0.29, 0.717) is 5.75 Å². The van der Waals surface area contributed by atoms with Crippen molar-refractivity contribution in [3.05, 3.63) is 101 Å². The van der Waals surface area contributed by atoms with Gasteiger partial charge in [0.25, 0.3) is 0 Å². The third-order valence-electron chi connectivity index (χ3n) is 6.17. The average Bonchev–Trinajstić information content (AvgIpc) is 2.93. The van der Waals surface area contributed by atoms with Crippen molar-refractivity contribution in [3.63, 3.8) is 0 Å². The SMILES string of the molecule is CN(C)CCCN1c2ccccc2Sc2ccc(Cl)cc21.COc1ccc(C(=O)c2ccccc2O)c(O)c1. The molecular weight excluding hydrogens is 532 g/mol. The van der Waals surface area contributed by atoms with E-state index >= 15 is 0 Å². The van der Waals surface area contributed by atoms with Crippen molar-refractivity contribution in [2.24, 2.45) is 0 Å². The first-order valence-electron chi connectivity index (χ1n) is 12.5. The summed E-state index contributed by atoms with van der Waals surface area (Å²) in [5.74, 6) is -0.269. The monoisotopic (exact) mass is 562 g/mol. The fourth-order valence-corrected chi connectivity index (χ4v) is 5.47. The standard InChI is InChI=1S/C17H19ClN2S.C14H12O4/c1-19(2)10-5-11-20-14-6-3-4-7-16(14)21-17-9-8-13(18)12-15(17)20;1-18-9-6-7-11(13(16)8-9)14(17)10-4-2-3-5-12(10)15/h3-4,6-9,12H,5,10-11H2,1-2H3;2-8,15-16H,1H3. The molecule has 39 heavy (non-hydrogen) atoms. The lowest BCUT2D eigenvalue weighted by Gasteiger charge is -2.33. The van der Waals surface area contributed by atoms with Gasteiger partial charge in [-0.05, 0) is 81.7 Å². The molecule has 0 fully saturated rings. The number of para-hydroxylation sites is 2. The number of nitrogens with zero attached hydrogens (tertiary/aromatic N) is 2. The van der Waals surface area contributed by atoms with Gasteiger partial charge in [-0.1, -0.05) is 47.6 Å². The number of aromatic hydroxyl groups is 2. The number of hydrogen-bond acceptors (Lipinski definition) is 7. The number of phenols is 2. The zero-order chi connectivity index (χ0) is 27.9. The number of carbonyl (C=O) groups is 1. The van der Waals surface area contributed by atoms with Crippen LogP contribution in [0.5, 0.6) is 17.2 Å². The first-order valence-corrected chi connectivity index (χ1v) is 13.7. The largest absolute Gasteiger partial charge is 0.507 e. The molecule has 0 spiro atoms. The van der Waals surface area contributed by atoms with Crippen LogP contribution in [0, 0.1) is 0 Å². The van der Waals surface area contributed by atoms with E-state index in [1.807, 2.05) is 17.8 Å². The van der Waals surface area contributed by atoms with Crippen LogP contribution in [-0.4, -0.2) is 55.2 Å². The molecular formula is C31H31ClN2O4S. The van der Waals surface area contributed by atoms with Crippen molar-refractivity contribution < 1.29 is 19.7 Å². The van der Waals surface area contributed by atoms with Gasteiger partial charge in [0.15, 0.2) is 5.78 Å². The van der Waals surface area contributed by atoms with Crippen LogP contribution in [0.4, 0.5) is 11.4 Å². The number of benzene rings is 4. The van der Waals surface area contributed by atoms with E-state index in [1.165, 1.54) is 52.5 Å². The Hall–Kier alpha value is -3.65. The van der Waals surface area contributed by atoms with Gasteiger partial charge < -0.3 is 24.7 Å². The van der Waals surface area contributed by atoms with Gasteiger partial charge in [-0.2, -0.15) is 0 Å². The normalized spacial score (nSPS) is 11.8. The zero-order valence-electron chi connectivity index (χ0n) is 22.1. The maximum absolute atomic E-state index is 12.1. The van der Waals surface area contributed by atoms with Gasteiger partial charge >= 0.3 is 0 Å². The summed E-state index contributed by atoms with van der Waals surface area (Å²) in [5.41, 5.74) is 2.79. The number of halogens is 1. The minimum Gasteiger partial charge on any atom is -0.507 e. The molecule has 5 rings (SSSR count). The average molecular weight is 563 g/mol. The molecule has 202 valence electrons. The number of hydrogen-bond donors (Lipinski definition) is 2. The lowest BCUT2D eigenvalue weighted by atomic mass is 10.0. The van der Waals surface area contributed by atoms with Crippen LogP contribution in [0.15, 0.2) is 94.7 Å². The molecule has 1 aliphatic rings. The molecule has 0 radical (unpaired) electrons. The molecule has 1 aliphatic heterocycles. The van der Waals surface area contributed by atoms with Crippen molar-refractivity contribution in [3.8, 4) is 17.2 Å². The second-order valence-corrected chi connectivity index (χ2v) is 10.7. The van der Waals surface area contributed by atoms with Gasteiger partial charge in [0.2, 0.25) is 0 Å². The van der Waals surface area contributed by atoms with Crippen molar-refractivity contribution in [1.29, 1.82) is 0 Å². The Labute approximate surface area is 238 Å². The van der Waals surface area contributed by atoms with Crippen LogP contribution in [0.2, 0.25) is 5.02 Å². The number of ether oxygens (including phenoxy) is 1. The number of rotatable bonds is 7. The summed E-state index contributed by atoms with van der Waals surface area (Å²) in [6.45, 7) is 2.09. The lowest BCUT2D eigenvalue weighted by molar-refractivity contribution is 0.103. The van der Waals surface area contributed by atoms with Gasteiger partial charge in [-0.3, -0.25) is 4.79 Å². The number of ketones is 1. The Bertz CT molecular complexity index is 1460. The highest BCUT2D eigenvalue weighted by atomic mass is 35.5. The summed E-state index contributed by atoms with van der Waals surface area (Å²) in [4.78, 5) is 19.3. The molecule has 0 saturated heterocycles. The van der Waals surface area contributed by atoms with Crippen LogP contribution in [0.3, 0.4) is 0 Å². The molecule has 0 unspecified atom stereocenters. The molecule has 4 aromatic carbocycles. The Morgan fingerprint density at radius 1 is 0.872 bits per heavy atom. The summed E-state index contributed by atoms with van der Waals surface area (Å²) in [6.07, 6.45) is 1.12. The van der Waals surface area contributed by atoms with E-state index in [1.54, 1.807) is 18.2 Å². The van der Waals surface area contributed by atoms with Crippen molar-refractivity contribution >= 4 is 40.5 Å². The van der Waals surface area contributed by atoms with E-state index in [2.05, 4.69) is 60.3 Å². The van der Waals surface area contributed by atoms with E-state index in [9.17, 15) is 15.0 Å². The number of phenolic OH excluding ortho intramolecular Hbond substituents is 2. The molecule has 6 nitrogen and oxygen atoms in total. The molecule has 0 amide bonds. The number of fused-ring (bicyclic) bond motifs is 2. The molecule has 2 N–H and O–H groups in total. The van der Waals surface area contributed by atoms with Crippen LogP contribution < -0.4 is 9.64 Å². The lowest BCUT2D eigenvalue weighted by Crippen LogP contribution is -2.25. The van der Waals surface area contributed by atoms with Gasteiger partial charge in [-0.15, -0.1) is 0 Å². The van der Waals surface area contributed by atoms with Crippen molar-refractivity contribution in [2.75, 3.05) is 39.2 Å². The second-order valence-electron chi connectivity index (χ2n) is 9.22. The molecule has 0 atom stereocenters. The number of anilines is 2. The van der Waals surface area contributed by atoms with Crippen LogP contribution in [-0.2, 0) is 0 Å². The van der Waals surface area contributed by atoms with Gasteiger partial charge in [-0.25, -0.2) is 0 Å². The third-order valence-corrected chi connectivity index (χ3v) is 7.54. The summed E-state index contributed by atoms with van der Waals surface area (Å²) >= 11 is 8.03. The highest BCUT2D eigenvalue weighted by molar-refractivity contribution is 7.99. The van der Waals surface area contributed by atoms with Crippen LogP contribution >= 0.6 is 23.4 Å². The highest BCUT2D eigenvalue weighted by Crippen LogP contribution is 2.48. The topological polar surface area (TPSA) is 73.2 Å². The van der Waals surface area contributed by atoms with E-state index in [4.69, 9.17) is 16.3 Å². The van der Waals surface area contributed by atoms with Crippen molar-refractivity contribution in [1.82, 2.24) is 4.90 Å². The first kappa shape index (κ1) is 28.4. The van der Waals surface area contributed by atoms with E-state index < -0.39 is 5.78 Å². The van der Waals surface area contributed by atoms with Crippen LogP contribution in [0.25, 0.3) is 0 Å². The minimum absolute atomic E-state index is 0.113. The fourth-order valence-electron chi connectivity index (χ4n) is 4.23. The van der Waals surface area contributed by atoms with E-state index in [-0.39, 0.29) is 22.6 Å². The Kier molecular flexibility index (Phi) is 9.41. The third kappa shape index (κ3) is 6.87. The Morgan fingerprint density at radius 3 is 2.28 bits per heavy atom. The summed E-state index contributed by atoms with van der Waals surface area (Å²) in [5, 5.41) is 20.2. The van der Waals surface area contributed by atoms with E-state index in [0.717, 1.165) is 24.5 Å². The molecule has 0 aromatic heterocycles. The molecule has 1 heterocycles. The quantitative estimate of drug-likeness (QED) is 0.230. The molecule has 4 aromatic rings. The first-order chi connectivity index (χ1) is 18.8. The Morgan fingerprint density at radius 2 is 1.56 bits per heavy atom. The molecule has 0 aliphatic carbocycles. The fraction of sp³-hybridized carbons (Fsp3) is 0.194. The van der Waals surface area contributed by atoms with Gasteiger partial charge in [0.05, 0.1) is 29.6 Å². The maximum atomic E-state index is 12.1. The predicted molar refractivity (Wildman–Crippen MR) is 158 cm³/mol. The van der Waals surface area contributed by atoms with Crippen molar-refractivity contribution in [2.45, 2.75) is 16.2 Å². The predicted octanol–water partition coefficient (Wildman–Crippen LogP) is 7.23. The Balaban J connectivity index is 0.000000183.